The van der Waals surface area contributed by atoms with Gasteiger partial charge in [0.2, 0.25) is 21.8 Å². The molecule has 0 fully saturated rings. The van der Waals surface area contributed by atoms with Crippen LogP contribution in [0, 0.1) is 0 Å². The number of ether oxygens (including phenoxy) is 1. The molecule has 0 saturated heterocycles. The van der Waals surface area contributed by atoms with Gasteiger partial charge in [-0.15, -0.1) is 0 Å². The largest absolute Gasteiger partial charge is 0.489 e. The van der Waals surface area contributed by atoms with E-state index in [4.69, 9.17) is 16.3 Å². The summed E-state index contributed by atoms with van der Waals surface area (Å²) in [5, 5.41) is 3.46. The van der Waals surface area contributed by atoms with Crippen molar-refractivity contribution in [1.29, 1.82) is 0 Å². The summed E-state index contributed by atoms with van der Waals surface area (Å²) >= 11 is 6.04. The molecule has 0 saturated carbocycles. The van der Waals surface area contributed by atoms with Crippen molar-refractivity contribution in [3.8, 4) is 5.75 Å². The van der Waals surface area contributed by atoms with E-state index in [0.717, 1.165) is 34.5 Å². The number of unbranched alkanes of at least 4 members (excludes halogenated alkanes) is 1. The van der Waals surface area contributed by atoms with Crippen LogP contribution in [0.5, 0.6) is 5.75 Å². The number of benzene rings is 3. The van der Waals surface area contributed by atoms with Crippen LogP contribution < -0.4 is 14.4 Å². The van der Waals surface area contributed by atoms with E-state index in [1.165, 1.54) is 4.90 Å². The number of hydrogen-bond acceptors (Lipinski definition) is 5. The van der Waals surface area contributed by atoms with Crippen molar-refractivity contribution >= 4 is 39.1 Å². The van der Waals surface area contributed by atoms with Crippen LogP contribution in [0.15, 0.2) is 78.9 Å². The van der Waals surface area contributed by atoms with Crippen molar-refractivity contribution < 1.29 is 22.7 Å². The molecule has 0 spiro atoms. The Kier molecular flexibility index (Phi) is 12.0. The lowest BCUT2D eigenvalue weighted by Crippen LogP contribution is -2.52. The Morgan fingerprint density at radius 2 is 1.59 bits per heavy atom. The molecule has 1 unspecified atom stereocenters. The number of carbonyl (C=O) groups is 2. The van der Waals surface area contributed by atoms with E-state index in [-0.39, 0.29) is 12.5 Å². The van der Waals surface area contributed by atoms with E-state index in [9.17, 15) is 18.0 Å². The maximum Gasteiger partial charge on any atom is 0.244 e. The van der Waals surface area contributed by atoms with Gasteiger partial charge in [0.05, 0.1) is 11.9 Å². The van der Waals surface area contributed by atoms with Crippen molar-refractivity contribution in [2.45, 2.75) is 52.3 Å². The Balaban J connectivity index is 1.83. The summed E-state index contributed by atoms with van der Waals surface area (Å²) in [6, 6.07) is 22.5. The highest BCUT2D eigenvalue weighted by Crippen LogP contribution is 2.24. The molecular weight excluding hydrogens is 562 g/mol. The average Bonchev–Trinajstić information content (AvgIpc) is 2.96. The number of halogens is 1. The van der Waals surface area contributed by atoms with E-state index < -0.39 is 28.5 Å². The lowest BCUT2D eigenvalue weighted by Gasteiger charge is -2.33. The molecule has 220 valence electrons. The van der Waals surface area contributed by atoms with Crippen LogP contribution in [0.4, 0.5) is 5.69 Å². The Morgan fingerprint density at radius 3 is 2.17 bits per heavy atom. The summed E-state index contributed by atoms with van der Waals surface area (Å²) < 4.78 is 32.6. The monoisotopic (exact) mass is 599 g/mol. The smallest absolute Gasteiger partial charge is 0.244 e. The molecule has 3 aromatic rings. The second-order valence-electron chi connectivity index (χ2n) is 9.75. The first-order chi connectivity index (χ1) is 19.6. The standard InChI is InChI=1S/C31H38ClN3O5S/c1-4-6-20-33-31(37)29(5-2)34(21-24-12-14-26(32)15-13-24)30(36)22-35(41(3,38)39)27-16-18-28(19-17-27)40-23-25-10-8-7-9-11-25/h7-19,29H,4-6,20-23H2,1-3H3,(H,33,37). The maximum atomic E-state index is 13.8. The maximum absolute atomic E-state index is 13.8. The first-order valence-electron chi connectivity index (χ1n) is 13.7. The summed E-state index contributed by atoms with van der Waals surface area (Å²) in [5.74, 6) is -0.196. The SMILES string of the molecule is CCCCNC(=O)C(CC)N(Cc1ccc(Cl)cc1)C(=O)CN(c1ccc(OCc2ccccc2)cc1)S(C)(=O)=O. The van der Waals surface area contributed by atoms with Gasteiger partial charge in [0, 0.05) is 18.1 Å². The van der Waals surface area contributed by atoms with Gasteiger partial charge in [-0.2, -0.15) is 0 Å². The molecule has 0 bridgehead atoms. The number of hydrogen-bond donors (Lipinski definition) is 1. The fourth-order valence-electron chi connectivity index (χ4n) is 4.28. The molecule has 8 nitrogen and oxygen atoms in total. The molecule has 3 rings (SSSR count). The second-order valence-corrected chi connectivity index (χ2v) is 12.1. The van der Waals surface area contributed by atoms with Crippen LogP contribution in [0.1, 0.15) is 44.2 Å². The highest BCUT2D eigenvalue weighted by molar-refractivity contribution is 7.92. The van der Waals surface area contributed by atoms with Gasteiger partial charge in [0.15, 0.2) is 0 Å². The van der Waals surface area contributed by atoms with E-state index >= 15 is 0 Å². The Morgan fingerprint density at radius 1 is 0.927 bits per heavy atom. The number of nitrogens with one attached hydrogen (secondary N) is 1. The lowest BCUT2D eigenvalue weighted by atomic mass is 10.1. The third kappa shape index (κ3) is 9.79. The van der Waals surface area contributed by atoms with Crippen LogP contribution in [0.3, 0.4) is 0 Å². The minimum atomic E-state index is -3.84. The predicted octanol–water partition coefficient (Wildman–Crippen LogP) is 5.41. The molecule has 0 aliphatic rings. The summed E-state index contributed by atoms with van der Waals surface area (Å²) in [5.41, 5.74) is 2.10. The highest BCUT2D eigenvalue weighted by atomic mass is 35.5. The fraction of sp³-hybridized carbons (Fsp3) is 0.355. The number of rotatable bonds is 15. The molecule has 41 heavy (non-hydrogen) atoms. The summed E-state index contributed by atoms with van der Waals surface area (Å²) in [6.45, 7) is 4.39. The number of sulfonamides is 1. The first-order valence-corrected chi connectivity index (χ1v) is 15.9. The van der Waals surface area contributed by atoms with Crippen LogP contribution in [-0.4, -0.2) is 50.5 Å². The van der Waals surface area contributed by atoms with Gasteiger partial charge < -0.3 is 15.0 Å². The molecule has 0 aromatic heterocycles. The number of amides is 2. The molecule has 2 amide bonds. The molecular formula is C31H38ClN3O5S. The van der Waals surface area contributed by atoms with E-state index in [0.29, 0.717) is 36.0 Å². The molecule has 1 N–H and O–H groups in total. The summed E-state index contributed by atoms with van der Waals surface area (Å²) in [6.07, 6.45) is 3.16. The minimum absolute atomic E-state index is 0.125. The van der Waals surface area contributed by atoms with Crippen molar-refractivity contribution in [2.75, 3.05) is 23.7 Å². The molecule has 10 heteroatoms. The van der Waals surface area contributed by atoms with Crippen LogP contribution in [0.2, 0.25) is 5.02 Å². The molecule has 0 heterocycles. The van der Waals surface area contributed by atoms with Crippen LogP contribution >= 0.6 is 11.6 Å². The zero-order valence-electron chi connectivity index (χ0n) is 23.8. The first kappa shape index (κ1) is 32.0. The summed E-state index contributed by atoms with van der Waals surface area (Å²) in [7, 11) is -3.84. The quantitative estimate of drug-likeness (QED) is 0.236. The number of nitrogens with zero attached hydrogens (tertiary/aromatic N) is 2. The van der Waals surface area contributed by atoms with Crippen molar-refractivity contribution in [3.05, 3.63) is 95.0 Å². The topological polar surface area (TPSA) is 96.0 Å². The second kappa shape index (κ2) is 15.4. The Labute approximate surface area is 248 Å². The predicted molar refractivity (Wildman–Crippen MR) is 163 cm³/mol. The normalized spacial score (nSPS) is 11.9. The van der Waals surface area contributed by atoms with E-state index in [1.807, 2.05) is 44.2 Å². The molecule has 0 aliphatic heterocycles. The summed E-state index contributed by atoms with van der Waals surface area (Å²) in [4.78, 5) is 28.4. The number of carbonyl (C=O) groups excluding carboxylic acids is 2. The molecule has 0 radical (unpaired) electrons. The van der Waals surface area contributed by atoms with Gasteiger partial charge in [-0.05, 0) is 60.4 Å². The molecule has 1 atom stereocenters. The zero-order valence-corrected chi connectivity index (χ0v) is 25.3. The highest BCUT2D eigenvalue weighted by Gasteiger charge is 2.31. The Bertz CT molecular complexity index is 1370. The minimum Gasteiger partial charge on any atom is -0.489 e. The van der Waals surface area contributed by atoms with Crippen LogP contribution in [-0.2, 0) is 32.8 Å². The van der Waals surface area contributed by atoms with Gasteiger partial charge in [-0.1, -0.05) is 74.3 Å². The van der Waals surface area contributed by atoms with Crippen molar-refractivity contribution in [3.63, 3.8) is 0 Å². The fourth-order valence-corrected chi connectivity index (χ4v) is 5.25. The third-order valence-electron chi connectivity index (χ3n) is 6.53. The van der Waals surface area contributed by atoms with Crippen molar-refractivity contribution in [1.82, 2.24) is 10.2 Å². The lowest BCUT2D eigenvalue weighted by molar-refractivity contribution is -0.140. The molecule has 3 aromatic carbocycles. The van der Waals surface area contributed by atoms with E-state index in [2.05, 4.69) is 5.32 Å². The number of anilines is 1. The third-order valence-corrected chi connectivity index (χ3v) is 7.93. The van der Waals surface area contributed by atoms with Gasteiger partial charge >= 0.3 is 0 Å². The Hall–Kier alpha value is -3.56. The van der Waals surface area contributed by atoms with Gasteiger partial charge in [0.1, 0.15) is 24.9 Å². The van der Waals surface area contributed by atoms with E-state index in [1.54, 1.807) is 48.5 Å². The van der Waals surface area contributed by atoms with Gasteiger partial charge in [-0.25, -0.2) is 8.42 Å². The van der Waals surface area contributed by atoms with Gasteiger partial charge in [-0.3, -0.25) is 13.9 Å². The zero-order chi connectivity index (χ0) is 29.8. The van der Waals surface area contributed by atoms with Crippen LogP contribution in [0.25, 0.3) is 0 Å². The molecule has 0 aliphatic carbocycles. The van der Waals surface area contributed by atoms with Gasteiger partial charge in [0.25, 0.3) is 0 Å². The average molecular weight is 600 g/mol. The van der Waals surface area contributed by atoms with Crippen molar-refractivity contribution in [2.24, 2.45) is 0 Å².